The Labute approximate surface area is 142 Å². The summed E-state index contributed by atoms with van der Waals surface area (Å²) in [6.45, 7) is 0.385. The molecule has 3 rings (SSSR count). The highest BCUT2D eigenvalue weighted by atomic mass is 35.5. The zero-order chi connectivity index (χ0) is 17.1. The van der Waals surface area contributed by atoms with Crippen LogP contribution in [0.2, 0.25) is 5.02 Å². The van der Waals surface area contributed by atoms with Crippen LogP contribution in [0, 0.1) is 10.1 Å². The highest BCUT2D eigenvalue weighted by Crippen LogP contribution is 2.22. The first-order valence-electron chi connectivity index (χ1n) is 7.19. The Kier molecular flexibility index (Phi) is 4.43. The monoisotopic (exact) mass is 344 g/mol. The highest BCUT2D eigenvalue weighted by Gasteiger charge is 2.14. The van der Waals surface area contributed by atoms with E-state index in [9.17, 15) is 14.9 Å². The second-order valence-corrected chi connectivity index (χ2v) is 5.53. The van der Waals surface area contributed by atoms with Crippen molar-refractivity contribution in [1.29, 1.82) is 0 Å². The van der Waals surface area contributed by atoms with Gasteiger partial charge in [0.2, 0.25) is 0 Å². The molecule has 24 heavy (non-hydrogen) atoms. The van der Waals surface area contributed by atoms with Crippen molar-refractivity contribution in [2.24, 2.45) is 0 Å². The number of hydrogen-bond donors (Lipinski definition) is 1. The minimum absolute atomic E-state index is 0.0504. The van der Waals surface area contributed by atoms with Crippen LogP contribution in [0.15, 0.2) is 48.8 Å². The van der Waals surface area contributed by atoms with E-state index in [-0.39, 0.29) is 22.2 Å². The summed E-state index contributed by atoms with van der Waals surface area (Å²) in [5, 5.41) is 13.5. The van der Waals surface area contributed by atoms with E-state index in [2.05, 4.69) is 10.3 Å². The van der Waals surface area contributed by atoms with E-state index in [1.54, 1.807) is 0 Å². The topological polar surface area (TPSA) is 89.5 Å². The van der Waals surface area contributed by atoms with Crippen LogP contribution in [0.3, 0.4) is 0 Å². The number of fused-ring (bicyclic) bond motifs is 1. The van der Waals surface area contributed by atoms with E-state index in [0.717, 1.165) is 11.3 Å². The molecule has 0 unspecified atom stereocenters. The minimum atomic E-state index is -0.559. The van der Waals surface area contributed by atoms with Gasteiger partial charge in [-0.1, -0.05) is 17.7 Å². The lowest BCUT2D eigenvalue weighted by Crippen LogP contribution is -2.26. The Morgan fingerprint density at radius 2 is 2.17 bits per heavy atom. The maximum absolute atomic E-state index is 12.1. The summed E-state index contributed by atoms with van der Waals surface area (Å²) >= 11 is 5.94. The fourth-order valence-corrected chi connectivity index (χ4v) is 2.57. The average Bonchev–Trinajstić information content (AvgIpc) is 2.97. The van der Waals surface area contributed by atoms with Gasteiger partial charge in [0.05, 0.1) is 21.2 Å². The summed E-state index contributed by atoms with van der Waals surface area (Å²) in [6, 6.07) is 9.49. The molecule has 1 amide bonds. The summed E-state index contributed by atoms with van der Waals surface area (Å²) in [5.74, 6) is -0.376. The predicted molar refractivity (Wildman–Crippen MR) is 89.3 cm³/mol. The zero-order valence-corrected chi connectivity index (χ0v) is 13.2. The van der Waals surface area contributed by atoms with Crippen molar-refractivity contribution >= 4 is 28.8 Å². The van der Waals surface area contributed by atoms with Crippen LogP contribution in [0.5, 0.6) is 0 Å². The minimum Gasteiger partial charge on any atom is -0.352 e. The smallest absolute Gasteiger partial charge is 0.270 e. The molecule has 2 aromatic heterocycles. The molecule has 0 spiro atoms. The molecule has 0 atom stereocenters. The molecule has 0 aliphatic carbocycles. The molecule has 0 saturated carbocycles. The number of nitro groups is 1. The lowest BCUT2D eigenvalue weighted by Gasteiger charge is -2.05. The second-order valence-electron chi connectivity index (χ2n) is 5.13. The number of aromatic nitrogens is 2. The molecular formula is C16H13ClN4O3. The van der Waals surface area contributed by atoms with Crippen LogP contribution >= 0.6 is 11.6 Å². The maximum atomic E-state index is 12.1. The van der Waals surface area contributed by atoms with Crippen molar-refractivity contribution in [3.63, 3.8) is 0 Å². The number of imidazole rings is 1. The first-order chi connectivity index (χ1) is 11.5. The number of halogens is 1. The molecule has 3 aromatic rings. The number of amides is 1. The number of hydrogen-bond acceptors (Lipinski definition) is 4. The van der Waals surface area contributed by atoms with Gasteiger partial charge in [-0.25, -0.2) is 4.98 Å². The Bertz CT molecular complexity index is 890. The van der Waals surface area contributed by atoms with Gasteiger partial charge in [-0.2, -0.15) is 0 Å². The van der Waals surface area contributed by atoms with Gasteiger partial charge >= 0.3 is 0 Å². The summed E-state index contributed by atoms with van der Waals surface area (Å²) < 4.78 is 1.91. The van der Waals surface area contributed by atoms with Gasteiger partial charge in [-0.3, -0.25) is 14.9 Å². The lowest BCUT2D eigenvalue weighted by molar-refractivity contribution is -0.384. The highest BCUT2D eigenvalue weighted by molar-refractivity contribution is 6.34. The van der Waals surface area contributed by atoms with E-state index >= 15 is 0 Å². The summed E-state index contributed by atoms with van der Waals surface area (Å²) in [5.41, 5.74) is 1.76. The predicted octanol–water partition coefficient (Wildman–Crippen LogP) is 2.87. The summed E-state index contributed by atoms with van der Waals surface area (Å²) in [6.07, 6.45) is 4.37. The number of pyridine rings is 1. The van der Waals surface area contributed by atoms with Crippen molar-refractivity contribution in [1.82, 2.24) is 14.7 Å². The van der Waals surface area contributed by atoms with Gasteiger partial charge in [0.15, 0.2) is 0 Å². The number of nitro benzene ring substituents is 1. The maximum Gasteiger partial charge on any atom is 0.270 e. The lowest BCUT2D eigenvalue weighted by atomic mass is 10.2. The van der Waals surface area contributed by atoms with Gasteiger partial charge in [0, 0.05) is 37.5 Å². The molecule has 2 heterocycles. The molecule has 0 aliphatic heterocycles. The van der Waals surface area contributed by atoms with E-state index in [4.69, 9.17) is 11.6 Å². The third-order valence-electron chi connectivity index (χ3n) is 3.49. The molecule has 8 heteroatoms. The number of carbonyl (C=O) groups excluding carboxylic acids is 1. The molecule has 0 saturated heterocycles. The largest absolute Gasteiger partial charge is 0.352 e. The molecule has 0 radical (unpaired) electrons. The number of carbonyl (C=O) groups is 1. The van der Waals surface area contributed by atoms with Gasteiger partial charge in [-0.05, 0) is 18.2 Å². The SMILES string of the molecule is O=C(NCCc1cn2ccccc2n1)c1ccc([N+](=O)[O-])cc1Cl. The molecule has 122 valence electrons. The van der Waals surface area contributed by atoms with Crippen LogP contribution in [0.4, 0.5) is 5.69 Å². The van der Waals surface area contributed by atoms with Crippen molar-refractivity contribution in [3.8, 4) is 0 Å². The third kappa shape index (κ3) is 3.36. The molecule has 0 bridgehead atoms. The second kappa shape index (κ2) is 6.67. The fourth-order valence-electron chi connectivity index (χ4n) is 2.31. The first kappa shape index (κ1) is 15.9. The van der Waals surface area contributed by atoms with Crippen LogP contribution in [-0.4, -0.2) is 26.8 Å². The van der Waals surface area contributed by atoms with Gasteiger partial charge in [0.25, 0.3) is 11.6 Å². The molecule has 7 nitrogen and oxygen atoms in total. The molecule has 0 fully saturated rings. The van der Waals surface area contributed by atoms with Gasteiger partial charge in [-0.15, -0.1) is 0 Å². The molecule has 0 aliphatic rings. The van der Waals surface area contributed by atoms with Crippen LogP contribution < -0.4 is 5.32 Å². The number of rotatable bonds is 5. The summed E-state index contributed by atoms with van der Waals surface area (Å²) in [4.78, 5) is 26.7. The van der Waals surface area contributed by atoms with Crippen molar-refractivity contribution in [2.75, 3.05) is 6.54 Å². The van der Waals surface area contributed by atoms with E-state index < -0.39 is 4.92 Å². The Morgan fingerprint density at radius 3 is 2.88 bits per heavy atom. The number of non-ortho nitro benzene ring substituents is 1. The molecular weight excluding hydrogens is 332 g/mol. The molecule has 1 N–H and O–H groups in total. The van der Waals surface area contributed by atoms with Crippen molar-refractivity contribution in [2.45, 2.75) is 6.42 Å². The number of nitrogens with one attached hydrogen (secondary N) is 1. The number of nitrogens with zero attached hydrogens (tertiary/aromatic N) is 3. The Balaban J connectivity index is 1.62. The van der Waals surface area contributed by atoms with Crippen molar-refractivity contribution < 1.29 is 9.72 Å². The van der Waals surface area contributed by atoms with E-state index in [1.165, 1.54) is 18.2 Å². The van der Waals surface area contributed by atoms with Crippen LogP contribution in [0.1, 0.15) is 16.1 Å². The Morgan fingerprint density at radius 1 is 1.33 bits per heavy atom. The average molecular weight is 345 g/mol. The quantitative estimate of drug-likeness (QED) is 0.569. The number of benzene rings is 1. The van der Waals surface area contributed by atoms with Gasteiger partial charge < -0.3 is 9.72 Å². The summed E-state index contributed by atoms with van der Waals surface area (Å²) in [7, 11) is 0. The van der Waals surface area contributed by atoms with Crippen molar-refractivity contribution in [3.05, 3.63) is 75.2 Å². The first-order valence-corrected chi connectivity index (χ1v) is 7.57. The molecule has 1 aromatic carbocycles. The third-order valence-corrected chi connectivity index (χ3v) is 3.80. The Hall–Kier alpha value is -2.93. The standard InChI is InChI=1S/C16H13ClN4O3/c17-14-9-12(21(23)24)4-5-13(14)16(22)18-7-6-11-10-20-8-2-1-3-15(20)19-11/h1-5,8-10H,6-7H2,(H,18,22). The normalized spacial score (nSPS) is 10.7. The van der Waals surface area contributed by atoms with E-state index in [1.807, 2.05) is 35.0 Å². The van der Waals surface area contributed by atoms with Gasteiger partial charge in [0.1, 0.15) is 5.65 Å². The van der Waals surface area contributed by atoms with E-state index in [0.29, 0.717) is 13.0 Å². The van der Waals surface area contributed by atoms with Crippen LogP contribution in [0.25, 0.3) is 5.65 Å². The fraction of sp³-hybridized carbons (Fsp3) is 0.125. The zero-order valence-electron chi connectivity index (χ0n) is 12.5. The van der Waals surface area contributed by atoms with Crippen LogP contribution in [-0.2, 0) is 6.42 Å².